The normalized spacial score (nSPS) is 19.1. The Morgan fingerprint density at radius 1 is 1.20 bits per heavy atom. The van der Waals surface area contributed by atoms with Gasteiger partial charge >= 0.3 is 5.97 Å². The number of amides is 2. The summed E-state index contributed by atoms with van der Waals surface area (Å²) in [6, 6.07) is 7.56. The highest BCUT2D eigenvalue weighted by molar-refractivity contribution is 6.06. The summed E-state index contributed by atoms with van der Waals surface area (Å²) >= 11 is 0. The van der Waals surface area contributed by atoms with Gasteiger partial charge in [0.1, 0.15) is 0 Å². The van der Waals surface area contributed by atoms with Gasteiger partial charge in [0.05, 0.1) is 11.1 Å². The van der Waals surface area contributed by atoms with Crippen molar-refractivity contribution >= 4 is 28.7 Å². The topological polar surface area (TPSA) is 76.6 Å². The number of hydrogen-bond acceptors (Lipinski definition) is 5. The number of nitrogens with zero attached hydrogens (tertiary/aromatic N) is 2. The van der Waals surface area contributed by atoms with Crippen LogP contribution in [0.5, 0.6) is 0 Å². The highest BCUT2D eigenvalue weighted by atomic mass is 16.5. The summed E-state index contributed by atoms with van der Waals surface area (Å²) in [6.45, 7) is 6.65. The molecule has 0 bridgehead atoms. The van der Waals surface area contributed by atoms with Crippen molar-refractivity contribution in [3.63, 3.8) is 0 Å². The lowest BCUT2D eigenvalue weighted by Gasteiger charge is -2.35. The van der Waals surface area contributed by atoms with Crippen LogP contribution < -0.4 is 0 Å². The first-order chi connectivity index (χ1) is 14.3. The molecule has 6 heteroatoms. The Kier molecular flexibility index (Phi) is 5.35. The van der Waals surface area contributed by atoms with Crippen molar-refractivity contribution in [3.8, 4) is 0 Å². The summed E-state index contributed by atoms with van der Waals surface area (Å²) in [5, 5.41) is 0.750. The molecule has 1 saturated heterocycles. The summed E-state index contributed by atoms with van der Waals surface area (Å²) in [5.74, 6) is -0.732. The molecule has 0 spiro atoms. The first-order valence-corrected chi connectivity index (χ1v) is 10.7. The molecule has 1 aliphatic heterocycles. The summed E-state index contributed by atoms with van der Waals surface area (Å²) in [6.07, 6.45) is 3.65. The molecule has 2 heterocycles. The van der Waals surface area contributed by atoms with E-state index in [0.29, 0.717) is 30.9 Å². The van der Waals surface area contributed by atoms with Crippen molar-refractivity contribution in [2.75, 3.05) is 13.2 Å². The third-order valence-corrected chi connectivity index (χ3v) is 6.39. The number of carbonyl (C=O) groups is 3. The Morgan fingerprint density at radius 2 is 1.97 bits per heavy atom. The third-order valence-electron chi connectivity index (χ3n) is 6.39. The lowest BCUT2D eigenvalue weighted by Crippen LogP contribution is -2.35. The number of para-hydroxylation sites is 1. The van der Waals surface area contributed by atoms with Gasteiger partial charge in [0.2, 0.25) is 5.91 Å². The van der Waals surface area contributed by atoms with E-state index >= 15 is 0 Å². The molecule has 1 atom stereocenters. The molecule has 4 rings (SSSR count). The second kappa shape index (κ2) is 7.82. The van der Waals surface area contributed by atoms with Gasteiger partial charge in [-0.2, -0.15) is 0 Å². The van der Waals surface area contributed by atoms with Crippen molar-refractivity contribution in [2.24, 2.45) is 11.3 Å². The second-order valence-corrected chi connectivity index (χ2v) is 9.35. The summed E-state index contributed by atoms with van der Waals surface area (Å²) < 4.78 is 5.44. The van der Waals surface area contributed by atoms with Crippen LogP contribution in [0.2, 0.25) is 0 Å². The summed E-state index contributed by atoms with van der Waals surface area (Å²) in [4.78, 5) is 43.3. The van der Waals surface area contributed by atoms with Gasteiger partial charge in [0, 0.05) is 24.0 Å². The van der Waals surface area contributed by atoms with E-state index < -0.39 is 18.5 Å². The van der Waals surface area contributed by atoms with Crippen LogP contribution in [0, 0.1) is 11.3 Å². The van der Waals surface area contributed by atoms with E-state index in [9.17, 15) is 14.4 Å². The molecule has 158 valence electrons. The van der Waals surface area contributed by atoms with E-state index in [1.54, 1.807) is 0 Å². The standard InChI is InChI=1S/C24H28N2O4/c1-24(2,3)15-10-11-19-17(13-15)22(16-7-4-5-8-18(16)25-19)23(29)30-14-21(28)26-12-6-9-20(26)27/h4-5,7-8,15H,6,9-14H2,1-3H3/t15-/m0/s1. The quantitative estimate of drug-likeness (QED) is 0.724. The number of fused-ring (bicyclic) bond motifs is 2. The molecule has 1 aliphatic carbocycles. The Labute approximate surface area is 176 Å². The van der Waals surface area contributed by atoms with Crippen LogP contribution in [-0.4, -0.2) is 40.8 Å². The van der Waals surface area contributed by atoms with Crippen molar-refractivity contribution in [1.82, 2.24) is 9.88 Å². The molecule has 30 heavy (non-hydrogen) atoms. The molecule has 1 aromatic carbocycles. The molecule has 2 aliphatic rings. The molecule has 6 nitrogen and oxygen atoms in total. The van der Waals surface area contributed by atoms with Gasteiger partial charge in [-0.1, -0.05) is 39.0 Å². The van der Waals surface area contributed by atoms with Gasteiger partial charge in [-0.25, -0.2) is 4.79 Å². The van der Waals surface area contributed by atoms with Gasteiger partial charge < -0.3 is 4.74 Å². The molecule has 2 aromatic rings. The maximum absolute atomic E-state index is 13.2. The number of aryl methyl sites for hydroxylation is 1. The number of esters is 1. The maximum atomic E-state index is 13.2. The predicted molar refractivity (Wildman–Crippen MR) is 113 cm³/mol. The fourth-order valence-corrected chi connectivity index (χ4v) is 4.55. The number of carbonyl (C=O) groups excluding carboxylic acids is 3. The zero-order chi connectivity index (χ0) is 21.5. The minimum Gasteiger partial charge on any atom is -0.452 e. The fraction of sp³-hybridized carbons (Fsp3) is 0.500. The van der Waals surface area contributed by atoms with Crippen LogP contribution >= 0.6 is 0 Å². The number of hydrogen-bond donors (Lipinski definition) is 0. The van der Waals surface area contributed by atoms with Gasteiger partial charge in [0.25, 0.3) is 5.91 Å². The molecule has 2 amide bonds. The van der Waals surface area contributed by atoms with Crippen LogP contribution in [0.1, 0.15) is 61.6 Å². The molecule has 0 radical (unpaired) electrons. The number of ether oxygens (including phenoxy) is 1. The smallest absolute Gasteiger partial charge is 0.339 e. The second-order valence-electron chi connectivity index (χ2n) is 9.35. The van der Waals surface area contributed by atoms with Crippen molar-refractivity contribution in [1.29, 1.82) is 0 Å². The van der Waals surface area contributed by atoms with E-state index in [1.165, 1.54) is 4.90 Å². The lowest BCUT2D eigenvalue weighted by molar-refractivity contribution is -0.143. The molecular weight excluding hydrogens is 380 g/mol. The highest BCUT2D eigenvalue weighted by Gasteiger charge is 2.33. The molecule has 0 unspecified atom stereocenters. The lowest BCUT2D eigenvalue weighted by atomic mass is 9.70. The molecule has 1 aromatic heterocycles. The van der Waals surface area contributed by atoms with E-state index in [-0.39, 0.29) is 11.3 Å². The van der Waals surface area contributed by atoms with Gasteiger partial charge in [-0.05, 0) is 48.6 Å². The molecular formula is C24H28N2O4. The summed E-state index contributed by atoms with van der Waals surface area (Å²) in [7, 11) is 0. The fourth-order valence-electron chi connectivity index (χ4n) is 4.55. The Bertz CT molecular complexity index is 1020. The Morgan fingerprint density at radius 3 is 2.67 bits per heavy atom. The molecule has 0 saturated carbocycles. The summed E-state index contributed by atoms with van der Waals surface area (Å²) in [5.41, 5.74) is 3.29. The van der Waals surface area contributed by atoms with Crippen molar-refractivity contribution in [2.45, 2.75) is 52.9 Å². The van der Waals surface area contributed by atoms with Gasteiger partial charge in [-0.15, -0.1) is 0 Å². The Hall–Kier alpha value is -2.76. The van der Waals surface area contributed by atoms with Crippen LogP contribution in [0.3, 0.4) is 0 Å². The van der Waals surface area contributed by atoms with E-state index in [4.69, 9.17) is 9.72 Å². The number of aromatic nitrogens is 1. The first-order valence-electron chi connectivity index (χ1n) is 10.7. The zero-order valence-corrected chi connectivity index (χ0v) is 17.9. The minimum atomic E-state index is -0.514. The predicted octanol–water partition coefficient (Wildman–Crippen LogP) is 3.69. The van der Waals surface area contributed by atoms with Crippen LogP contribution in [0.15, 0.2) is 24.3 Å². The van der Waals surface area contributed by atoms with Gasteiger partial charge in [0.15, 0.2) is 6.61 Å². The third kappa shape index (κ3) is 3.83. The SMILES string of the molecule is CC(C)(C)[C@H]1CCc2nc3ccccc3c(C(=O)OCC(=O)N3CCCC3=O)c2C1. The van der Waals surface area contributed by atoms with Crippen LogP contribution in [0.25, 0.3) is 10.9 Å². The number of imide groups is 1. The number of benzene rings is 1. The minimum absolute atomic E-state index is 0.122. The number of pyridine rings is 1. The highest BCUT2D eigenvalue weighted by Crippen LogP contribution is 2.39. The van der Waals surface area contributed by atoms with Crippen molar-refractivity contribution < 1.29 is 19.1 Å². The van der Waals surface area contributed by atoms with E-state index in [1.807, 2.05) is 24.3 Å². The van der Waals surface area contributed by atoms with Crippen LogP contribution in [0.4, 0.5) is 0 Å². The van der Waals surface area contributed by atoms with E-state index in [2.05, 4.69) is 20.8 Å². The zero-order valence-electron chi connectivity index (χ0n) is 17.9. The average molecular weight is 408 g/mol. The molecule has 1 fully saturated rings. The van der Waals surface area contributed by atoms with Crippen LogP contribution in [-0.2, 0) is 27.2 Å². The number of likely N-dealkylation sites (tertiary alicyclic amines) is 1. The monoisotopic (exact) mass is 408 g/mol. The Balaban J connectivity index is 1.66. The van der Waals surface area contributed by atoms with Crippen molar-refractivity contribution in [3.05, 3.63) is 41.1 Å². The average Bonchev–Trinajstić information content (AvgIpc) is 3.14. The van der Waals surface area contributed by atoms with Gasteiger partial charge in [-0.3, -0.25) is 19.5 Å². The van der Waals surface area contributed by atoms with E-state index in [0.717, 1.165) is 41.4 Å². The molecule has 0 N–H and O–H groups in total. The maximum Gasteiger partial charge on any atom is 0.339 e. The first kappa shape index (κ1) is 20.5. The number of rotatable bonds is 3. The largest absolute Gasteiger partial charge is 0.452 e.